The summed E-state index contributed by atoms with van der Waals surface area (Å²) in [6.45, 7) is 3.50. The van der Waals surface area contributed by atoms with E-state index in [1.165, 1.54) is 48.4 Å². The number of sulfonamides is 1. The van der Waals surface area contributed by atoms with Crippen LogP contribution in [0.15, 0.2) is 11.6 Å². The maximum atomic E-state index is 12.3. The molecule has 6 heteroatoms. The Labute approximate surface area is 151 Å². The molecule has 5 aliphatic rings. The van der Waals surface area contributed by atoms with Crippen LogP contribution in [-0.2, 0) is 14.8 Å². The first-order valence-electron chi connectivity index (χ1n) is 9.81. The lowest BCUT2D eigenvalue weighted by molar-refractivity contribution is -0.116. The molecular weight excluding hydrogens is 336 g/mol. The standard InChI is InChI=1S/C19H30N2O3S/c1-14(19-11-15-8-16(12-19)10-17(9-15)13-19)7-18(22)20-3-5-21-4-2-6-25(21,23)24/h7,15-17H,2-6,8-13H2,1H3,(H,20,22). The molecule has 4 aliphatic carbocycles. The Hall–Kier alpha value is -0.880. The van der Waals surface area contributed by atoms with Crippen LogP contribution < -0.4 is 5.32 Å². The summed E-state index contributed by atoms with van der Waals surface area (Å²) in [5, 5.41) is 2.89. The molecule has 1 saturated heterocycles. The second-order valence-electron chi connectivity index (χ2n) is 8.88. The lowest BCUT2D eigenvalue weighted by Crippen LogP contribution is -2.46. The second kappa shape index (κ2) is 6.38. The molecule has 5 rings (SSSR count). The van der Waals surface area contributed by atoms with Crippen molar-refractivity contribution in [1.82, 2.24) is 9.62 Å². The van der Waals surface area contributed by atoms with Gasteiger partial charge in [-0.2, -0.15) is 0 Å². The van der Waals surface area contributed by atoms with Crippen molar-refractivity contribution in [3.63, 3.8) is 0 Å². The van der Waals surface area contributed by atoms with Crippen molar-refractivity contribution in [2.24, 2.45) is 23.2 Å². The zero-order valence-electron chi connectivity index (χ0n) is 15.2. The summed E-state index contributed by atoms with van der Waals surface area (Å²) in [7, 11) is -3.07. The normalized spacial score (nSPS) is 39.7. The van der Waals surface area contributed by atoms with Gasteiger partial charge in [-0.1, -0.05) is 5.57 Å². The van der Waals surface area contributed by atoms with Crippen molar-refractivity contribution < 1.29 is 13.2 Å². The number of hydrogen-bond acceptors (Lipinski definition) is 3. The number of nitrogens with one attached hydrogen (secondary N) is 1. The number of nitrogens with zero attached hydrogens (tertiary/aromatic N) is 1. The third-order valence-corrected chi connectivity index (χ3v) is 9.04. The molecule has 140 valence electrons. The number of rotatable bonds is 5. The van der Waals surface area contributed by atoms with E-state index in [1.807, 2.05) is 0 Å². The highest BCUT2D eigenvalue weighted by Crippen LogP contribution is 2.62. The van der Waals surface area contributed by atoms with Crippen molar-refractivity contribution in [2.75, 3.05) is 25.4 Å². The number of hydrogen-bond donors (Lipinski definition) is 1. The zero-order chi connectivity index (χ0) is 17.7. The SMILES string of the molecule is CC(=CC(=O)NCCN1CCCS1(=O)=O)C12CC3CC(CC(C3)C1)C2. The van der Waals surface area contributed by atoms with Crippen LogP contribution in [0.1, 0.15) is 51.9 Å². The molecule has 1 heterocycles. The first kappa shape index (κ1) is 17.5. The summed E-state index contributed by atoms with van der Waals surface area (Å²) in [4.78, 5) is 12.3. The van der Waals surface area contributed by atoms with Crippen LogP contribution in [0, 0.1) is 23.2 Å². The fourth-order valence-corrected chi connectivity index (χ4v) is 7.77. The highest BCUT2D eigenvalue weighted by atomic mass is 32.2. The minimum absolute atomic E-state index is 0.0650. The molecule has 4 bridgehead atoms. The predicted molar refractivity (Wildman–Crippen MR) is 97.3 cm³/mol. The molecule has 25 heavy (non-hydrogen) atoms. The number of carbonyl (C=O) groups is 1. The topological polar surface area (TPSA) is 66.5 Å². The molecule has 5 fully saturated rings. The van der Waals surface area contributed by atoms with Gasteiger partial charge in [-0.3, -0.25) is 4.79 Å². The van der Waals surface area contributed by atoms with Crippen molar-refractivity contribution in [2.45, 2.75) is 51.9 Å². The fraction of sp³-hybridized carbons (Fsp3) is 0.842. The smallest absolute Gasteiger partial charge is 0.243 e. The number of allylic oxidation sites excluding steroid dienone is 1. The summed E-state index contributed by atoms with van der Waals surface area (Å²) in [6.07, 6.45) is 10.5. The third kappa shape index (κ3) is 3.39. The van der Waals surface area contributed by atoms with Gasteiger partial charge in [-0.15, -0.1) is 0 Å². The molecule has 0 spiro atoms. The Morgan fingerprint density at radius 2 is 1.76 bits per heavy atom. The number of carbonyl (C=O) groups excluding carboxylic acids is 1. The van der Waals surface area contributed by atoms with Crippen molar-refractivity contribution in [3.05, 3.63) is 11.6 Å². The van der Waals surface area contributed by atoms with Gasteiger partial charge in [0.15, 0.2) is 0 Å². The van der Waals surface area contributed by atoms with Gasteiger partial charge in [0, 0.05) is 25.7 Å². The molecule has 0 radical (unpaired) electrons. The minimum Gasteiger partial charge on any atom is -0.351 e. The monoisotopic (exact) mass is 366 g/mol. The summed E-state index contributed by atoms with van der Waals surface area (Å²) >= 11 is 0. The Morgan fingerprint density at radius 3 is 2.28 bits per heavy atom. The van der Waals surface area contributed by atoms with Gasteiger partial charge in [-0.25, -0.2) is 12.7 Å². The van der Waals surface area contributed by atoms with Crippen LogP contribution >= 0.6 is 0 Å². The zero-order valence-corrected chi connectivity index (χ0v) is 16.0. The molecule has 1 amide bonds. The van der Waals surface area contributed by atoms with E-state index in [9.17, 15) is 13.2 Å². The van der Waals surface area contributed by atoms with Crippen LogP contribution in [0.25, 0.3) is 0 Å². The lowest BCUT2D eigenvalue weighted by atomic mass is 9.48. The predicted octanol–water partition coefficient (Wildman–Crippen LogP) is 2.30. The third-order valence-electron chi connectivity index (χ3n) is 7.09. The van der Waals surface area contributed by atoms with Crippen LogP contribution in [0.5, 0.6) is 0 Å². The summed E-state index contributed by atoms with van der Waals surface area (Å²) < 4.78 is 25.0. The Kier molecular flexibility index (Phi) is 4.47. The Balaban J connectivity index is 1.33. The lowest BCUT2D eigenvalue weighted by Gasteiger charge is -2.57. The average Bonchev–Trinajstić information content (AvgIpc) is 2.84. The summed E-state index contributed by atoms with van der Waals surface area (Å²) in [5.41, 5.74) is 1.52. The quantitative estimate of drug-likeness (QED) is 0.759. The molecule has 5 nitrogen and oxygen atoms in total. The molecule has 0 aromatic carbocycles. The van der Waals surface area contributed by atoms with Gasteiger partial charge in [-0.05, 0) is 75.0 Å². The molecule has 0 aromatic rings. The van der Waals surface area contributed by atoms with Crippen molar-refractivity contribution >= 4 is 15.9 Å². The van der Waals surface area contributed by atoms with Gasteiger partial charge in [0.05, 0.1) is 5.75 Å². The van der Waals surface area contributed by atoms with Gasteiger partial charge in [0.2, 0.25) is 15.9 Å². The van der Waals surface area contributed by atoms with Crippen LogP contribution in [-0.4, -0.2) is 44.0 Å². The van der Waals surface area contributed by atoms with Crippen LogP contribution in [0.4, 0.5) is 0 Å². The van der Waals surface area contributed by atoms with E-state index in [2.05, 4.69) is 12.2 Å². The number of amides is 1. The van der Waals surface area contributed by atoms with Gasteiger partial charge in [0.25, 0.3) is 0 Å². The minimum atomic E-state index is -3.07. The largest absolute Gasteiger partial charge is 0.351 e. The summed E-state index contributed by atoms with van der Waals surface area (Å²) in [6, 6.07) is 0. The van der Waals surface area contributed by atoms with Gasteiger partial charge >= 0.3 is 0 Å². The van der Waals surface area contributed by atoms with E-state index in [-0.39, 0.29) is 17.1 Å². The highest BCUT2D eigenvalue weighted by molar-refractivity contribution is 7.89. The average molecular weight is 367 g/mol. The maximum Gasteiger partial charge on any atom is 0.243 e. The first-order valence-corrected chi connectivity index (χ1v) is 11.4. The van der Waals surface area contributed by atoms with Crippen LogP contribution in [0.3, 0.4) is 0 Å². The second-order valence-corrected chi connectivity index (χ2v) is 11.0. The molecule has 4 saturated carbocycles. The Bertz CT molecular complexity index is 647. The van der Waals surface area contributed by atoms with E-state index >= 15 is 0 Å². The molecule has 0 aromatic heterocycles. The van der Waals surface area contributed by atoms with E-state index in [4.69, 9.17) is 0 Å². The first-order chi connectivity index (χ1) is 11.9. The molecule has 0 atom stereocenters. The van der Waals surface area contributed by atoms with Gasteiger partial charge in [0.1, 0.15) is 0 Å². The molecule has 0 unspecified atom stereocenters. The molecule has 1 N–H and O–H groups in total. The van der Waals surface area contributed by atoms with Crippen molar-refractivity contribution in [1.29, 1.82) is 0 Å². The Morgan fingerprint density at radius 1 is 1.16 bits per heavy atom. The van der Waals surface area contributed by atoms with E-state index in [0.717, 1.165) is 17.8 Å². The van der Waals surface area contributed by atoms with E-state index < -0.39 is 10.0 Å². The van der Waals surface area contributed by atoms with Gasteiger partial charge < -0.3 is 5.32 Å². The molecule has 1 aliphatic heterocycles. The fourth-order valence-electron chi connectivity index (χ4n) is 6.24. The van der Waals surface area contributed by atoms with Crippen LogP contribution in [0.2, 0.25) is 0 Å². The van der Waals surface area contributed by atoms with E-state index in [1.54, 1.807) is 6.08 Å². The maximum absolute atomic E-state index is 12.3. The van der Waals surface area contributed by atoms with E-state index in [0.29, 0.717) is 26.1 Å². The summed E-state index contributed by atoms with van der Waals surface area (Å²) in [5.74, 6) is 2.80. The van der Waals surface area contributed by atoms with Crippen molar-refractivity contribution in [3.8, 4) is 0 Å². The molecular formula is C19H30N2O3S. The highest BCUT2D eigenvalue weighted by Gasteiger charge is 2.51.